The quantitative estimate of drug-likeness (QED) is 0.751. The minimum Gasteiger partial charge on any atom is -0.493 e. The van der Waals surface area contributed by atoms with Crippen LogP contribution in [0.4, 0.5) is 0 Å². The highest BCUT2D eigenvalue weighted by atomic mass is 16.5. The Morgan fingerprint density at radius 3 is 2.87 bits per heavy atom. The molecule has 0 aromatic heterocycles. The van der Waals surface area contributed by atoms with Gasteiger partial charge in [-0.2, -0.15) is 0 Å². The topological polar surface area (TPSA) is 55.8 Å². The van der Waals surface area contributed by atoms with E-state index in [9.17, 15) is 4.79 Å². The SMILES string of the molecule is C=CCOc1c(OC)cccc1C(=O)O. The smallest absolute Gasteiger partial charge is 0.339 e. The van der Waals surface area contributed by atoms with E-state index in [2.05, 4.69) is 6.58 Å². The van der Waals surface area contributed by atoms with E-state index in [1.54, 1.807) is 12.1 Å². The molecule has 0 aliphatic rings. The van der Waals surface area contributed by atoms with E-state index in [0.717, 1.165) is 0 Å². The molecule has 0 bridgehead atoms. The zero-order chi connectivity index (χ0) is 11.3. The second-order valence-corrected chi connectivity index (χ2v) is 2.74. The maximum Gasteiger partial charge on any atom is 0.339 e. The van der Waals surface area contributed by atoms with Crippen LogP contribution in [0.25, 0.3) is 0 Å². The molecule has 0 heterocycles. The Morgan fingerprint density at radius 1 is 1.60 bits per heavy atom. The van der Waals surface area contributed by atoms with Gasteiger partial charge >= 0.3 is 5.97 Å². The first-order valence-corrected chi connectivity index (χ1v) is 4.34. The first-order valence-electron chi connectivity index (χ1n) is 4.34. The molecular weight excluding hydrogens is 196 g/mol. The fraction of sp³-hybridized carbons (Fsp3) is 0.182. The van der Waals surface area contributed by atoms with E-state index in [0.29, 0.717) is 5.75 Å². The maximum atomic E-state index is 10.9. The Kier molecular flexibility index (Phi) is 3.74. The van der Waals surface area contributed by atoms with Crippen LogP contribution in [0.15, 0.2) is 30.9 Å². The molecule has 1 N–H and O–H groups in total. The average Bonchev–Trinajstić information content (AvgIpc) is 2.25. The van der Waals surface area contributed by atoms with Gasteiger partial charge < -0.3 is 14.6 Å². The summed E-state index contributed by atoms with van der Waals surface area (Å²) in [6, 6.07) is 4.71. The van der Waals surface area contributed by atoms with Gasteiger partial charge in [-0.3, -0.25) is 0 Å². The maximum absolute atomic E-state index is 10.9. The van der Waals surface area contributed by atoms with Gasteiger partial charge in [0, 0.05) is 0 Å². The van der Waals surface area contributed by atoms with E-state index < -0.39 is 5.97 Å². The normalized spacial score (nSPS) is 9.40. The van der Waals surface area contributed by atoms with Crippen LogP contribution in [0.5, 0.6) is 11.5 Å². The molecule has 4 nitrogen and oxygen atoms in total. The Hall–Kier alpha value is -1.97. The molecule has 0 fully saturated rings. The van der Waals surface area contributed by atoms with Gasteiger partial charge in [0.1, 0.15) is 12.2 Å². The second kappa shape index (κ2) is 5.05. The molecule has 0 radical (unpaired) electrons. The summed E-state index contributed by atoms with van der Waals surface area (Å²) in [5.74, 6) is -0.419. The molecule has 0 amide bonds. The molecule has 0 saturated carbocycles. The fourth-order valence-electron chi connectivity index (χ4n) is 1.14. The predicted octanol–water partition coefficient (Wildman–Crippen LogP) is 1.96. The van der Waals surface area contributed by atoms with E-state index in [1.807, 2.05) is 0 Å². The van der Waals surface area contributed by atoms with Crippen molar-refractivity contribution >= 4 is 5.97 Å². The standard InChI is InChI=1S/C11H12O4/c1-3-7-15-10-8(11(12)13)5-4-6-9(10)14-2/h3-6H,1,7H2,2H3,(H,12,13). The third-order valence-corrected chi connectivity index (χ3v) is 1.77. The molecular formula is C11H12O4. The summed E-state index contributed by atoms with van der Waals surface area (Å²) in [5.41, 5.74) is 0.0798. The molecule has 0 aliphatic carbocycles. The number of para-hydroxylation sites is 1. The molecule has 0 unspecified atom stereocenters. The van der Waals surface area contributed by atoms with Crippen molar-refractivity contribution < 1.29 is 19.4 Å². The van der Waals surface area contributed by atoms with Crippen molar-refractivity contribution in [3.8, 4) is 11.5 Å². The lowest BCUT2D eigenvalue weighted by atomic mass is 10.2. The van der Waals surface area contributed by atoms with Gasteiger partial charge in [-0.05, 0) is 12.1 Å². The van der Waals surface area contributed by atoms with Crippen LogP contribution in [-0.2, 0) is 0 Å². The van der Waals surface area contributed by atoms with E-state index in [1.165, 1.54) is 19.3 Å². The number of aromatic carboxylic acids is 1. The molecule has 1 aromatic carbocycles. The monoisotopic (exact) mass is 208 g/mol. The highest BCUT2D eigenvalue weighted by molar-refractivity contribution is 5.92. The average molecular weight is 208 g/mol. The van der Waals surface area contributed by atoms with Gasteiger partial charge in [0.25, 0.3) is 0 Å². The van der Waals surface area contributed by atoms with Crippen molar-refractivity contribution in [2.75, 3.05) is 13.7 Å². The van der Waals surface area contributed by atoms with Gasteiger partial charge in [-0.1, -0.05) is 18.7 Å². The van der Waals surface area contributed by atoms with Crippen molar-refractivity contribution in [2.45, 2.75) is 0 Å². The predicted molar refractivity (Wildman–Crippen MR) is 55.6 cm³/mol. The zero-order valence-electron chi connectivity index (χ0n) is 8.40. The minimum absolute atomic E-state index is 0.0798. The molecule has 15 heavy (non-hydrogen) atoms. The molecule has 1 aromatic rings. The lowest BCUT2D eigenvalue weighted by Gasteiger charge is -2.11. The Bertz CT molecular complexity index is 371. The Morgan fingerprint density at radius 2 is 2.33 bits per heavy atom. The summed E-state index contributed by atoms with van der Waals surface area (Å²) in [7, 11) is 1.46. The lowest BCUT2D eigenvalue weighted by Crippen LogP contribution is -2.04. The molecule has 80 valence electrons. The number of methoxy groups -OCH3 is 1. The number of ether oxygens (including phenoxy) is 2. The largest absolute Gasteiger partial charge is 0.493 e. The van der Waals surface area contributed by atoms with Crippen molar-refractivity contribution in [1.82, 2.24) is 0 Å². The Balaban J connectivity index is 3.14. The van der Waals surface area contributed by atoms with Gasteiger partial charge in [0.15, 0.2) is 11.5 Å². The summed E-state index contributed by atoms with van der Waals surface area (Å²) < 4.78 is 10.3. The number of carboxylic acids is 1. The molecule has 0 aliphatic heterocycles. The highest BCUT2D eigenvalue weighted by Crippen LogP contribution is 2.30. The van der Waals surface area contributed by atoms with Gasteiger partial charge in [-0.15, -0.1) is 0 Å². The number of hydrogen-bond acceptors (Lipinski definition) is 3. The third-order valence-electron chi connectivity index (χ3n) is 1.77. The van der Waals surface area contributed by atoms with E-state index in [-0.39, 0.29) is 17.9 Å². The van der Waals surface area contributed by atoms with Crippen LogP contribution >= 0.6 is 0 Å². The van der Waals surface area contributed by atoms with Crippen molar-refractivity contribution in [3.63, 3.8) is 0 Å². The van der Waals surface area contributed by atoms with Crippen LogP contribution in [-0.4, -0.2) is 24.8 Å². The summed E-state index contributed by atoms with van der Waals surface area (Å²) in [5, 5.41) is 8.92. The van der Waals surface area contributed by atoms with E-state index >= 15 is 0 Å². The number of hydrogen-bond donors (Lipinski definition) is 1. The molecule has 0 saturated heterocycles. The number of carboxylic acid groups (broad SMARTS) is 1. The number of benzene rings is 1. The van der Waals surface area contributed by atoms with Crippen LogP contribution in [0.3, 0.4) is 0 Å². The summed E-state index contributed by atoms with van der Waals surface area (Å²) in [6.45, 7) is 3.73. The molecule has 0 atom stereocenters. The second-order valence-electron chi connectivity index (χ2n) is 2.74. The van der Waals surface area contributed by atoms with Gasteiger partial charge in [-0.25, -0.2) is 4.79 Å². The Labute approximate surface area is 87.7 Å². The van der Waals surface area contributed by atoms with Gasteiger partial charge in [0.05, 0.1) is 7.11 Å². The zero-order valence-corrected chi connectivity index (χ0v) is 8.40. The van der Waals surface area contributed by atoms with Gasteiger partial charge in [0.2, 0.25) is 0 Å². The highest BCUT2D eigenvalue weighted by Gasteiger charge is 2.15. The number of rotatable bonds is 5. The summed E-state index contributed by atoms with van der Waals surface area (Å²) in [6.07, 6.45) is 1.54. The van der Waals surface area contributed by atoms with E-state index in [4.69, 9.17) is 14.6 Å². The molecule has 0 spiro atoms. The van der Waals surface area contributed by atoms with Crippen molar-refractivity contribution in [2.24, 2.45) is 0 Å². The van der Waals surface area contributed by atoms with Crippen molar-refractivity contribution in [1.29, 1.82) is 0 Å². The van der Waals surface area contributed by atoms with Crippen LogP contribution in [0.1, 0.15) is 10.4 Å². The minimum atomic E-state index is -1.05. The number of carbonyl (C=O) groups is 1. The molecule has 1 rings (SSSR count). The fourth-order valence-corrected chi connectivity index (χ4v) is 1.14. The summed E-state index contributed by atoms with van der Waals surface area (Å²) >= 11 is 0. The van der Waals surface area contributed by atoms with Crippen molar-refractivity contribution in [3.05, 3.63) is 36.4 Å². The van der Waals surface area contributed by atoms with Crippen LogP contribution < -0.4 is 9.47 Å². The van der Waals surface area contributed by atoms with Crippen LogP contribution in [0, 0.1) is 0 Å². The third kappa shape index (κ3) is 2.49. The first-order chi connectivity index (χ1) is 7.20. The lowest BCUT2D eigenvalue weighted by molar-refractivity contribution is 0.0692. The van der Waals surface area contributed by atoms with Crippen LogP contribution in [0.2, 0.25) is 0 Å². The molecule has 4 heteroatoms. The summed E-state index contributed by atoms with van der Waals surface area (Å²) in [4.78, 5) is 10.9. The first kappa shape index (κ1) is 11.1.